The highest BCUT2D eigenvalue weighted by Gasteiger charge is 2.35. The Morgan fingerprint density at radius 3 is 2.65 bits per heavy atom. The molecular formula is C17H20N4S2. The van der Waals surface area contributed by atoms with Crippen molar-refractivity contribution in [1.82, 2.24) is 19.1 Å². The molecule has 4 nitrogen and oxygen atoms in total. The van der Waals surface area contributed by atoms with Gasteiger partial charge in [-0.2, -0.15) is 0 Å². The molecule has 120 valence electrons. The number of rotatable bonds is 4. The Morgan fingerprint density at radius 2 is 1.87 bits per heavy atom. The van der Waals surface area contributed by atoms with E-state index in [1.54, 1.807) is 11.3 Å². The van der Waals surface area contributed by atoms with Crippen molar-refractivity contribution in [2.45, 2.75) is 57.3 Å². The average molecular weight is 345 g/mol. The standard InChI is InChI=1S/C17H20N4S2/c22-17-20(11-19(13-9-10-13)12-5-1-2-6-12)18-16-21(17)14-7-3-4-8-15(14)23-16/h3-4,7-8,12-13H,1-2,5-6,9-11H2. The van der Waals surface area contributed by atoms with E-state index in [2.05, 4.69) is 33.6 Å². The molecule has 2 aliphatic rings. The molecule has 2 heterocycles. The third-order valence-electron chi connectivity index (χ3n) is 5.22. The third kappa shape index (κ3) is 2.35. The van der Waals surface area contributed by atoms with E-state index in [-0.39, 0.29) is 0 Å². The van der Waals surface area contributed by atoms with Crippen molar-refractivity contribution < 1.29 is 0 Å². The lowest BCUT2D eigenvalue weighted by atomic mass is 10.2. The molecule has 2 saturated carbocycles. The van der Waals surface area contributed by atoms with Gasteiger partial charge in [0.25, 0.3) is 0 Å². The van der Waals surface area contributed by atoms with Gasteiger partial charge in [-0.3, -0.25) is 9.30 Å². The van der Waals surface area contributed by atoms with Gasteiger partial charge in [-0.25, -0.2) is 4.68 Å². The zero-order valence-corrected chi connectivity index (χ0v) is 14.7. The molecule has 5 rings (SSSR count). The molecule has 0 bridgehead atoms. The first-order valence-corrected chi connectivity index (χ1v) is 9.76. The number of thiazole rings is 1. The summed E-state index contributed by atoms with van der Waals surface area (Å²) in [5.74, 6) is 0. The predicted molar refractivity (Wildman–Crippen MR) is 96.5 cm³/mol. The summed E-state index contributed by atoms with van der Waals surface area (Å²) in [4.78, 5) is 3.68. The van der Waals surface area contributed by atoms with Crippen LogP contribution in [0.15, 0.2) is 24.3 Å². The zero-order chi connectivity index (χ0) is 15.4. The molecule has 0 radical (unpaired) electrons. The van der Waals surface area contributed by atoms with Gasteiger partial charge in [0.15, 0.2) is 0 Å². The summed E-state index contributed by atoms with van der Waals surface area (Å²) < 4.78 is 6.27. The topological polar surface area (TPSA) is 25.5 Å². The lowest BCUT2D eigenvalue weighted by Crippen LogP contribution is -2.37. The van der Waals surface area contributed by atoms with Gasteiger partial charge < -0.3 is 0 Å². The van der Waals surface area contributed by atoms with E-state index >= 15 is 0 Å². The van der Waals surface area contributed by atoms with E-state index in [9.17, 15) is 0 Å². The number of aromatic nitrogens is 3. The van der Waals surface area contributed by atoms with Crippen LogP contribution >= 0.6 is 23.6 Å². The van der Waals surface area contributed by atoms with Crippen molar-refractivity contribution in [3.63, 3.8) is 0 Å². The van der Waals surface area contributed by atoms with Crippen LogP contribution in [0.3, 0.4) is 0 Å². The first-order valence-electron chi connectivity index (χ1n) is 8.54. The van der Waals surface area contributed by atoms with E-state index in [0.29, 0.717) is 0 Å². The van der Waals surface area contributed by atoms with Gasteiger partial charge in [-0.05, 0) is 50.0 Å². The van der Waals surface area contributed by atoms with Crippen LogP contribution in [0.2, 0.25) is 0 Å². The molecule has 0 unspecified atom stereocenters. The Hall–Kier alpha value is -1.24. The second-order valence-corrected chi connectivity index (χ2v) is 8.17. The molecule has 0 N–H and O–H groups in total. The number of fused-ring (bicyclic) bond motifs is 3. The van der Waals surface area contributed by atoms with E-state index in [0.717, 1.165) is 28.5 Å². The van der Waals surface area contributed by atoms with Crippen LogP contribution in [-0.4, -0.2) is 31.2 Å². The highest BCUT2D eigenvalue weighted by atomic mass is 32.1. The van der Waals surface area contributed by atoms with Crippen LogP contribution in [-0.2, 0) is 6.67 Å². The Morgan fingerprint density at radius 1 is 1.13 bits per heavy atom. The smallest absolute Gasteiger partial charge is 0.216 e. The zero-order valence-electron chi connectivity index (χ0n) is 13.0. The lowest BCUT2D eigenvalue weighted by molar-refractivity contribution is 0.134. The summed E-state index contributed by atoms with van der Waals surface area (Å²) in [5, 5.41) is 4.82. The Labute approximate surface area is 144 Å². The van der Waals surface area contributed by atoms with Gasteiger partial charge in [0.05, 0.1) is 16.9 Å². The second kappa shape index (κ2) is 5.40. The van der Waals surface area contributed by atoms with Crippen molar-refractivity contribution in [3.05, 3.63) is 29.0 Å². The molecule has 6 heteroatoms. The maximum absolute atomic E-state index is 5.75. The van der Waals surface area contributed by atoms with E-state index in [1.807, 2.05) is 4.68 Å². The van der Waals surface area contributed by atoms with Crippen LogP contribution in [0.4, 0.5) is 0 Å². The first kappa shape index (κ1) is 14.1. The maximum atomic E-state index is 5.75. The number of para-hydroxylation sites is 1. The van der Waals surface area contributed by atoms with Crippen LogP contribution in [0.25, 0.3) is 15.2 Å². The van der Waals surface area contributed by atoms with Crippen molar-refractivity contribution in [3.8, 4) is 0 Å². The SMILES string of the molecule is S=c1n(CN(C2CCCC2)C2CC2)nc2sc3ccccc3n12. The summed E-state index contributed by atoms with van der Waals surface area (Å²) in [6.07, 6.45) is 8.12. The Balaban J connectivity index is 1.54. The lowest BCUT2D eigenvalue weighted by Gasteiger charge is -2.28. The molecule has 23 heavy (non-hydrogen) atoms. The summed E-state index contributed by atoms with van der Waals surface area (Å²) in [6.45, 7) is 0.858. The summed E-state index contributed by atoms with van der Waals surface area (Å²) in [6, 6.07) is 9.92. The predicted octanol–water partition coefficient (Wildman–Crippen LogP) is 4.44. The van der Waals surface area contributed by atoms with Crippen LogP contribution in [0.1, 0.15) is 38.5 Å². The van der Waals surface area contributed by atoms with Gasteiger partial charge >= 0.3 is 0 Å². The largest absolute Gasteiger partial charge is 0.278 e. The van der Waals surface area contributed by atoms with Crippen molar-refractivity contribution in [2.75, 3.05) is 0 Å². The minimum atomic E-state index is 0.737. The van der Waals surface area contributed by atoms with Crippen LogP contribution < -0.4 is 0 Å². The van der Waals surface area contributed by atoms with E-state index in [1.165, 1.54) is 48.7 Å². The first-order chi connectivity index (χ1) is 11.3. The molecule has 1 aromatic carbocycles. The fourth-order valence-corrected chi connectivity index (χ4v) is 5.27. The molecule has 0 amide bonds. The van der Waals surface area contributed by atoms with Crippen molar-refractivity contribution >= 4 is 38.7 Å². The molecular weight excluding hydrogens is 324 g/mol. The Bertz CT molecular complexity index is 912. The third-order valence-corrected chi connectivity index (χ3v) is 6.63. The van der Waals surface area contributed by atoms with Gasteiger partial charge in [-0.15, -0.1) is 5.10 Å². The molecule has 0 spiro atoms. The quantitative estimate of drug-likeness (QED) is 0.654. The number of hydrogen-bond donors (Lipinski definition) is 0. The summed E-state index contributed by atoms with van der Waals surface area (Å²) in [7, 11) is 0. The highest BCUT2D eigenvalue weighted by molar-refractivity contribution is 7.71. The fraction of sp³-hybridized carbons (Fsp3) is 0.529. The monoisotopic (exact) mass is 344 g/mol. The van der Waals surface area contributed by atoms with Crippen LogP contribution in [0, 0.1) is 4.77 Å². The Kier molecular flexibility index (Phi) is 3.32. The van der Waals surface area contributed by atoms with Crippen molar-refractivity contribution in [2.24, 2.45) is 0 Å². The minimum Gasteiger partial charge on any atom is -0.278 e. The highest BCUT2D eigenvalue weighted by Crippen LogP contribution is 2.35. The molecule has 0 saturated heterocycles. The van der Waals surface area contributed by atoms with Gasteiger partial charge in [0.1, 0.15) is 0 Å². The second-order valence-electron chi connectivity index (χ2n) is 6.79. The molecule has 2 fully saturated rings. The van der Waals surface area contributed by atoms with E-state index in [4.69, 9.17) is 17.3 Å². The molecule has 3 aromatic rings. The molecule has 2 aromatic heterocycles. The van der Waals surface area contributed by atoms with Gasteiger partial charge in [0, 0.05) is 12.1 Å². The fourth-order valence-electron chi connectivity index (χ4n) is 3.90. The van der Waals surface area contributed by atoms with Gasteiger partial charge in [-0.1, -0.05) is 36.3 Å². The normalized spacial score (nSPS) is 19.5. The van der Waals surface area contributed by atoms with Gasteiger partial charge in [0.2, 0.25) is 9.73 Å². The van der Waals surface area contributed by atoms with Crippen molar-refractivity contribution in [1.29, 1.82) is 0 Å². The van der Waals surface area contributed by atoms with Crippen LogP contribution in [0.5, 0.6) is 0 Å². The van der Waals surface area contributed by atoms with E-state index < -0.39 is 0 Å². The number of benzene rings is 1. The molecule has 0 aliphatic heterocycles. The number of hydrogen-bond acceptors (Lipinski definition) is 4. The summed E-state index contributed by atoms with van der Waals surface area (Å²) in [5.41, 5.74) is 1.18. The molecule has 2 aliphatic carbocycles. The minimum absolute atomic E-state index is 0.737. The molecule has 0 atom stereocenters. The number of nitrogens with zero attached hydrogens (tertiary/aromatic N) is 4. The maximum Gasteiger partial charge on any atom is 0.216 e. The summed E-state index contributed by atoms with van der Waals surface area (Å²) >= 11 is 7.48. The average Bonchev–Trinajstić information content (AvgIpc) is 3.01.